The minimum absolute atomic E-state index is 0.00496. The third-order valence-electron chi connectivity index (χ3n) is 4.44. The first-order valence-electron chi connectivity index (χ1n) is 6.55. The Labute approximate surface area is 128 Å². The van der Waals surface area contributed by atoms with Crippen LogP contribution < -0.4 is 11.1 Å². The Bertz CT molecular complexity index is 831. The summed E-state index contributed by atoms with van der Waals surface area (Å²) in [5.74, 6) is -0.847. The zero-order valence-electron chi connectivity index (χ0n) is 11.6. The van der Waals surface area contributed by atoms with Gasteiger partial charge in [-0.15, -0.1) is 6.42 Å². The van der Waals surface area contributed by atoms with Crippen LogP contribution in [0.25, 0.3) is 5.70 Å². The molecule has 120 valence electrons. The van der Waals surface area contributed by atoms with Crippen molar-refractivity contribution in [2.24, 2.45) is 10.7 Å². The molecule has 0 aromatic carbocycles. The van der Waals surface area contributed by atoms with Crippen LogP contribution in [-0.4, -0.2) is 54.0 Å². The molecule has 23 heavy (non-hydrogen) atoms. The predicted molar refractivity (Wildman–Crippen MR) is 74.4 cm³/mol. The number of hydrogen-bond acceptors (Lipinski definition) is 8. The number of terminal acetylenes is 1. The van der Waals surface area contributed by atoms with Crippen LogP contribution in [0.5, 0.6) is 0 Å². The second kappa shape index (κ2) is 3.72. The number of aliphatic hydroxyl groups excluding tert-OH is 1. The maximum absolute atomic E-state index is 14.5. The summed E-state index contributed by atoms with van der Waals surface area (Å²) in [6, 6.07) is 0. The van der Waals surface area contributed by atoms with E-state index < -0.39 is 29.4 Å². The van der Waals surface area contributed by atoms with Gasteiger partial charge >= 0.3 is 0 Å². The Morgan fingerprint density at radius 3 is 2.91 bits per heavy atom. The molecule has 0 amide bonds. The number of nitrogens with zero attached hydrogens (tertiary/aromatic N) is 3. The van der Waals surface area contributed by atoms with E-state index in [2.05, 4.69) is 21.9 Å². The van der Waals surface area contributed by atoms with Gasteiger partial charge in [0, 0.05) is 0 Å². The molecule has 2 fully saturated rings. The Hall–Kier alpha value is -2.45. The average Bonchev–Trinajstić information content (AvgIpc) is 2.84. The number of aliphatic hydroxyl groups is 3. The molecule has 1 unspecified atom stereocenters. The maximum Gasteiger partial charge on any atom is 0.276 e. The van der Waals surface area contributed by atoms with Crippen molar-refractivity contribution in [3.63, 3.8) is 0 Å². The van der Waals surface area contributed by atoms with Crippen LogP contribution in [0.2, 0.25) is 0 Å². The maximum atomic E-state index is 14.5. The number of aromatic nitrogens is 2. The molecule has 0 bridgehead atoms. The lowest BCUT2D eigenvalue weighted by Crippen LogP contribution is -2.50. The van der Waals surface area contributed by atoms with Crippen LogP contribution in [0.4, 0.5) is 10.2 Å². The fourth-order valence-electron chi connectivity index (χ4n) is 3.09. The van der Waals surface area contributed by atoms with Crippen LogP contribution in [0.3, 0.4) is 0 Å². The summed E-state index contributed by atoms with van der Waals surface area (Å²) >= 11 is 0. The highest BCUT2D eigenvalue weighted by atomic mass is 19.2. The number of halogens is 1. The second-order valence-electron chi connectivity index (χ2n) is 5.62. The van der Waals surface area contributed by atoms with Gasteiger partial charge in [-0.1, -0.05) is 12.5 Å². The predicted octanol–water partition coefficient (Wildman–Crippen LogP) is -1.93. The molecule has 1 saturated heterocycles. The van der Waals surface area contributed by atoms with Crippen molar-refractivity contribution in [1.82, 2.24) is 14.9 Å². The molecule has 2 aliphatic heterocycles. The zero-order chi connectivity index (χ0) is 16.8. The summed E-state index contributed by atoms with van der Waals surface area (Å²) in [5, 5.41) is 33.0. The highest BCUT2D eigenvalue weighted by molar-refractivity contribution is 5.93. The number of fused-ring (bicyclic) bond motifs is 2. The van der Waals surface area contributed by atoms with E-state index in [9.17, 15) is 19.7 Å². The standard InChI is InChI=1S/C13H12FN5O4/c1-3-11(21)9(23-13(14)8(20)12(11,13)22)19-4-16-6-5(2)17-10(15)18-7(6)19/h1,4,8-9,20-22H,2H2,(H3,15,17,18)/t8?,9-,11+,12+,13-/m1/s1. The molecular weight excluding hydrogens is 309 g/mol. The molecule has 0 spiro atoms. The van der Waals surface area contributed by atoms with Crippen molar-refractivity contribution < 1.29 is 24.4 Å². The number of ether oxygens (including phenoxy) is 1. The second-order valence-corrected chi connectivity index (χ2v) is 5.62. The lowest BCUT2D eigenvalue weighted by atomic mass is 9.93. The van der Waals surface area contributed by atoms with Crippen LogP contribution in [0, 0.1) is 12.3 Å². The van der Waals surface area contributed by atoms with Gasteiger partial charge in [0.15, 0.2) is 24.1 Å². The van der Waals surface area contributed by atoms with E-state index in [0.29, 0.717) is 11.4 Å². The van der Waals surface area contributed by atoms with Gasteiger partial charge in [-0.25, -0.2) is 9.37 Å². The van der Waals surface area contributed by atoms with Crippen molar-refractivity contribution in [2.75, 3.05) is 0 Å². The first kappa shape index (κ1) is 14.2. The van der Waals surface area contributed by atoms with Crippen molar-refractivity contribution >= 4 is 17.5 Å². The van der Waals surface area contributed by atoms with E-state index in [1.807, 2.05) is 5.92 Å². The van der Waals surface area contributed by atoms with Crippen LogP contribution in [-0.2, 0) is 4.74 Å². The fraction of sp³-hybridized carbons (Fsp3) is 0.385. The highest BCUT2D eigenvalue weighted by Gasteiger charge is 2.95. The average molecular weight is 321 g/mol. The van der Waals surface area contributed by atoms with Crippen LogP contribution in [0.15, 0.2) is 17.9 Å². The Balaban J connectivity index is 1.86. The van der Waals surface area contributed by atoms with Crippen molar-refractivity contribution in [3.05, 3.63) is 18.6 Å². The smallest absolute Gasteiger partial charge is 0.276 e. The number of nitrogens with one attached hydrogen (secondary N) is 1. The van der Waals surface area contributed by atoms with Crippen molar-refractivity contribution in [1.29, 1.82) is 0 Å². The largest absolute Gasteiger partial charge is 0.384 e. The number of rotatable bonds is 1. The highest BCUT2D eigenvalue weighted by Crippen LogP contribution is 2.68. The normalized spacial score (nSPS) is 44.0. The van der Waals surface area contributed by atoms with Gasteiger partial charge in [0.1, 0.15) is 5.69 Å². The summed E-state index contributed by atoms with van der Waals surface area (Å²) < 4.78 is 20.6. The molecular formula is C13H12FN5O4. The third-order valence-corrected chi connectivity index (χ3v) is 4.44. The number of hydrogen-bond donors (Lipinski definition) is 5. The SMILES string of the molecule is C#C[C@]1(O)[C@H](n2cnc3c2N=C(N)NC3=C)O[C@]2(F)C(O)[C@@]21O. The molecule has 9 nitrogen and oxygen atoms in total. The van der Waals surface area contributed by atoms with E-state index in [-0.39, 0.29) is 11.8 Å². The molecule has 6 N–H and O–H groups in total. The van der Waals surface area contributed by atoms with E-state index in [0.717, 1.165) is 4.57 Å². The van der Waals surface area contributed by atoms with Gasteiger partial charge in [-0.3, -0.25) is 4.57 Å². The summed E-state index contributed by atoms with van der Waals surface area (Å²) in [4.78, 5) is 8.03. The summed E-state index contributed by atoms with van der Waals surface area (Å²) in [6.45, 7) is 3.71. The third kappa shape index (κ3) is 1.28. The molecule has 1 aliphatic carbocycles. The number of nitrogens with two attached hydrogens (primary N) is 1. The quantitative estimate of drug-likeness (QED) is 0.380. The van der Waals surface area contributed by atoms with Gasteiger partial charge in [0.25, 0.3) is 5.85 Å². The van der Waals surface area contributed by atoms with Gasteiger partial charge in [-0.05, 0) is 0 Å². The van der Waals surface area contributed by atoms with E-state index >= 15 is 0 Å². The van der Waals surface area contributed by atoms with Crippen LogP contribution >= 0.6 is 0 Å². The zero-order valence-corrected chi connectivity index (χ0v) is 11.6. The minimum Gasteiger partial charge on any atom is -0.384 e. The summed E-state index contributed by atoms with van der Waals surface area (Å²) in [7, 11) is 0. The molecule has 10 heteroatoms. The van der Waals surface area contributed by atoms with Gasteiger partial charge < -0.3 is 31.1 Å². The van der Waals surface area contributed by atoms with Gasteiger partial charge in [0.05, 0.1) is 12.0 Å². The minimum atomic E-state index is -2.88. The number of aliphatic imine (C=N–C) groups is 1. The lowest BCUT2D eigenvalue weighted by molar-refractivity contribution is -0.168. The molecule has 4 rings (SSSR count). The molecule has 1 saturated carbocycles. The number of imidazole rings is 1. The van der Waals surface area contributed by atoms with Crippen LogP contribution in [0.1, 0.15) is 11.9 Å². The molecule has 5 atom stereocenters. The van der Waals surface area contributed by atoms with E-state index in [4.69, 9.17) is 16.9 Å². The van der Waals surface area contributed by atoms with E-state index in [1.165, 1.54) is 6.33 Å². The summed E-state index contributed by atoms with van der Waals surface area (Å²) in [6.07, 6.45) is 2.94. The van der Waals surface area contributed by atoms with Crippen molar-refractivity contribution in [3.8, 4) is 12.3 Å². The van der Waals surface area contributed by atoms with Gasteiger partial charge in [-0.2, -0.15) is 4.99 Å². The molecule has 1 aromatic heterocycles. The molecule has 1 aromatic rings. The fourth-order valence-corrected chi connectivity index (χ4v) is 3.09. The summed E-state index contributed by atoms with van der Waals surface area (Å²) in [5.41, 5.74) is 1.06. The number of guanidine groups is 1. The first-order valence-corrected chi connectivity index (χ1v) is 6.55. The Kier molecular flexibility index (Phi) is 2.29. The van der Waals surface area contributed by atoms with Gasteiger partial charge in [0.2, 0.25) is 11.2 Å². The van der Waals surface area contributed by atoms with E-state index in [1.54, 1.807) is 0 Å². The number of alkyl halides is 1. The topological polar surface area (TPSA) is 138 Å². The monoisotopic (exact) mass is 321 g/mol. The lowest BCUT2D eigenvalue weighted by Gasteiger charge is -2.30. The molecule has 0 radical (unpaired) electrons. The van der Waals surface area contributed by atoms with Crippen molar-refractivity contribution in [2.45, 2.75) is 29.4 Å². The molecule has 3 heterocycles. The Morgan fingerprint density at radius 2 is 2.26 bits per heavy atom. The Morgan fingerprint density at radius 1 is 1.57 bits per heavy atom. The first-order chi connectivity index (χ1) is 10.7. The molecule has 3 aliphatic rings.